The van der Waals surface area contributed by atoms with E-state index in [1.54, 1.807) is 19.1 Å². The maximum Gasteiger partial charge on any atom is 0.445 e. The molecule has 1 aromatic carbocycles. The molecule has 2 N–H and O–H groups in total. The molecule has 0 atom stereocenters. The van der Waals surface area contributed by atoms with Gasteiger partial charge in [-0.2, -0.15) is 13.2 Å². The second-order valence-corrected chi connectivity index (χ2v) is 5.81. The van der Waals surface area contributed by atoms with Gasteiger partial charge in [0.25, 0.3) is 5.19 Å². The number of nitrogen functional groups attached to an aromatic ring is 1. The summed E-state index contributed by atoms with van der Waals surface area (Å²) in [5.41, 5.74) is 8.06. The van der Waals surface area contributed by atoms with Gasteiger partial charge in [-0.1, -0.05) is 30.3 Å². The van der Waals surface area contributed by atoms with Crippen LogP contribution < -0.4 is 10.5 Å². The lowest BCUT2D eigenvalue weighted by atomic mass is 9.99. The summed E-state index contributed by atoms with van der Waals surface area (Å²) in [7, 11) is 0. The third-order valence-electron chi connectivity index (χ3n) is 2.87. The molecular weight excluding hydrogens is 303 g/mol. The first-order chi connectivity index (χ1) is 9.68. The van der Waals surface area contributed by atoms with Crippen molar-refractivity contribution in [2.75, 3.05) is 5.73 Å². The number of nitrogens with two attached hydrogens (primary N) is 1. The van der Waals surface area contributed by atoms with Crippen molar-refractivity contribution in [2.24, 2.45) is 0 Å². The lowest BCUT2D eigenvalue weighted by molar-refractivity contribution is -0.138. The predicted molar refractivity (Wildman–Crippen MR) is 74.7 cm³/mol. The van der Waals surface area contributed by atoms with Gasteiger partial charge in [-0.3, -0.25) is 0 Å². The molecule has 0 bridgehead atoms. The smallest absolute Gasteiger partial charge is 0.429 e. The SMILES string of the molecule is Cc1cc(Oc2nnc(C(F)(F)F)s2)c(C(C)C)cc1N. The van der Waals surface area contributed by atoms with Crippen LogP contribution in [0, 0.1) is 6.92 Å². The summed E-state index contributed by atoms with van der Waals surface area (Å²) in [6.45, 7) is 5.68. The van der Waals surface area contributed by atoms with Crippen LogP contribution in [0.5, 0.6) is 10.9 Å². The van der Waals surface area contributed by atoms with E-state index in [0.717, 1.165) is 11.1 Å². The molecule has 0 aliphatic heterocycles. The first kappa shape index (κ1) is 15.6. The normalized spacial score (nSPS) is 12.0. The number of anilines is 1. The molecule has 2 rings (SSSR count). The molecule has 4 nitrogen and oxygen atoms in total. The molecule has 0 aliphatic carbocycles. The van der Waals surface area contributed by atoms with Gasteiger partial charge in [0.2, 0.25) is 5.01 Å². The van der Waals surface area contributed by atoms with Crippen molar-refractivity contribution in [3.8, 4) is 10.9 Å². The fourth-order valence-electron chi connectivity index (χ4n) is 1.72. The number of nitrogens with zero attached hydrogens (tertiary/aromatic N) is 2. The van der Waals surface area contributed by atoms with Gasteiger partial charge in [0.1, 0.15) is 5.75 Å². The molecule has 0 radical (unpaired) electrons. The largest absolute Gasteiger partial charge is 0.445 e. The average molecular weight is 317 g/mol. The lowest BCUT2D eigenvalue weighted by Crippen LogP contribution is -2.03. The summed E-state index contributed by atoms with van der Waals surface area (Å²) in [5.74, 6) is 0.555. The first-order valence-electron chi connectivity index (χ1n) is 6.17. The van der Waals surface area contributed by atoms with E-state index in [4.69, 9.17) is 10.5 Å². The third kappa shape index (κ3) is 3.44. The van der Waals surface area contributed by atoms with Crippen LogP contribution in [-0.2, 0) is 6.18 Å². The topological polar surface area (TPSA) is 61.0 Å². The molecule has 8 heteroatoms. The number of hydrogen-bond donors (Lipinski definition) is 1. The van der Waals surface area contributed by atoms with Crippen LogP contribution in [0.1, 0.15) is 35.9 Å². The number of aryl methyl sites for hydroxylation is 1. The summed E-state index contributed by atoms with van der Waals surface area (Å²) < 4.78 is 43.0. The van der Waals surface area contributed by atoms with Gasteiger partial charge in [0.05, 0.1) is 0 Å². The van der Waals surface area contributed by atoms with Crippen molar-refractivity contribution >= 4 is 17.0 Å². The van der Waals surface area contributed by atoms with Gasteiger partial charge >= 0.3 is 6.18 Å². The maximum absolute atomic E-state index is 12.5. The van der Waals surface area contributed by atoms with Crippen LogP contribution in [0.4, 0.5) is 18.9 Å². The minimum atomic E-state index is -4.52. The van der Waals surface area contributed by atoms with Gasteiger partial charge in [-0.05, 0) is 36.1 Å². The Bertz CT molecular complexity index is 653. The maximum atomic E-state index is 12.5. The Morgan fingerprint density at radius 3 is 2.43 bits per heavy atom. The van der Waals surface area contributed by atoms with Crippen LogP contribution in [0.2, 0.25) is 0 Å². The van der Waals surface area contributed by atoms with Crippen molar-refractivity contribution < 1.29 is 17.9 Å². The molecule has 0 unspecified atom stereocenters. The number of ether oxygens (including phenoxy) is 1. The van der Waals surface area contributed by atoms with Gasteiger partial charge < -0.3 is 10.5 Å². The van der Waals surface area contributed by atoms with Crippen LogP contribution in [-0.4, -0.2) is 10.2 Å². The monoisotopic (exact) mass is 317 g/mol. The number of alkyl halides is 3. The molecule has 0 aliphatic rings. The van der Waals surface area contributed by atoms with Crippen molar-refractivity contribution in [2.45, 2.75) is 32.9 Å². The van der Waals surface area contributed by atoms with E-state index in [9.17, 15) is 13.2 Å². The Labute approximate surface area is 123 Å². The number of halogens is 3. The fourth-order valence-corrected chi connectivity index (χ4v) is 2.29. The van der Waals surface area contributed by atoms with E-state index in [1.165, 1.54) is 0 Å². The highest BCUT2D eigenvalue weighted by atomic mass is 32.1. The van der Waals surface area contributed by atoms with Crippen LogP contribution in [0.15, 0.2) is 12.1 Å². The van der Waals surface area contributed by atoms with Crippen molar-refractivity contribution in [1.82, 2.24) is 10.2 Å². The molecule has 2 aromatic rings. The van der Waals surface area contributed by atoms with E-state index < -0.39 is 11.2 Å². The zero-order chi connectivity index (χ0) is 15.8. The van der Waals surface area contributed by atoms with Gasteiger partial charge in [-0.15, -0.1) is 5.10 Å². The molecule has 0 spiro atoms. The third-order valence-corrected chi connectivity index (χ3v) is 3.71. The van der Waals surface area contributed by atoms with E-state index in [-0.39, 0.29) is 11.1 Å². The minimum absolute atomic E-state index is 0.109. The van der Waals surface area contributed by atoms with E-state index in [2.05, 4.69) is 10.2 Å². The number of rotatable bonds is 3. The Morgan fingerprint density at radius 1 is 1.24 bits per heavy atom. The van der Waals surface area contributed by atoms with E-state index in [0.29, 0.717) is 22.8 Å². The van der Waals surface area contributed by atoms with Gasteiger partial charge in [-0.25, -0.2) is 0 Å². The molecule has 0 fully saturated rings. The van der Waals surface area contributed by atoms with Crippen molar-refractivity contribution in [3.63, 3.8) is 0 Å². The summed E-state index contributed by atoms with van der Waals surface area (Å²) in [4.78, 5) is 0. The van der Waals surface area contributed by atoms with Crippen molar-refractivity contribution in [3.05, 3.63) is 28.3 Å². The zero-order valence-corrected chi connectivity index (χ0v) is 12.5. The number of hydrogen-bond acceptors (Lipinski definition) is 5. The lowest BCUT2D eigenvalue weighted by Gasteiger charge is -2.14. The minimum Gasteiger partial charge on any atom is -0.429 e. The Balaban J connectivity index is 2.35. The number of aromatic nitrogens is 2. The Kier molecular flexibility index (Phi) is 4.08. The Morgan fingerprint density at radius 2 is 1.90 bits per heavy atom. The zero-order valence-electron chi connectivity index (χ0n) is 11.7. The second kappa shape index (κ2) is 5.51. The highest BCUT2D eigenvalue weighted by Gasteiger charge is 2.36. The van der Waals surface area contributed by atoms with Crippen LogP contribution in [0.25, 0.3) is 0 Å². The predicted octanol–water partition coefficient (Wildman–Crippen LogP) is 4.36. The number of benzene rings is 1. The summed E-state index contributed by atoms with van der Waals surface area (Å²) in [5, 5.41) is 5.34. The second-order valence-electron chi connectivity index (χ2n) is 4.87. The molecule has 0 saturated carbocycles. The Hall–Kier alpha value is -1.83. The molecule has 114 valence electrons. The summed E-state index contributed by atoms with van der Waals surface area (Å²) >= 11 is 0.364. The van der Waals surface area contributed by atoms with E-state index in [1.807, 2.05) is 13.8 Å². The quantitative estimate of drug-likeness (QED) is 0.854. The molecule has 21 heavy (non-hydrogen) atoms. The van der Waals surface area contributed by atoms with Crippen LogP contribution in [0.3, 0.4) is 0 Å². The van der Waals surface area contributed by atoms with Crippen LogP contribution >= 0.6 is 11.3 Å². The van der Waals surface area contributed by atoms with Crippen molar-refractivity contribution in [1.29, 1.82) is 0 Å². The highest BCUT2D eigenvalue weighted by Crippen LogP contribution is 2.38. The molecular formula is C13H14F3N3OS. The fraction of sp³-hybridized carbons (Fsp3) is 0.385. The molecule has 0 saturated heterocycles. The molecule has 1 aromatic heterocycles. The van der Waals surface area contributed by atoms with Gasteiger partial charge in [0, 0.05) is 5.69 Å². The summed E-state index contributed by atoms with van der Waals surface area (Å²) in [6.07, 6.45) is -4.52. The standard InChI is InChI=1S/C13H14F3N3OS/c1-6(2)8-5-9(17)7(3)4-10(8)20-12-19-18-11(21-12)13(14,15)16/h4-6H,17H2,1-3H3. The molecule has 0 amide bonds. The highest BCUT2D eigenvalue weighted by molar-refractivity contribution is 7.13. The average Bonchev–Trinajstić information content (AvgIpc) is 2.81. The first-order valence-corrected chi connectivity index (χ1v) is 6.98. The molecule has 1 heterocycles. The van der Waals surface area contributed by atoms with E-state index >= 15 is 0 Å². The van der Waals surface area contributed by atoms with Gasteiger partial charge in [0.15, 0.2) is 0 Å². The summed E-state index contributed by atoms with van der Waals surface area (Å²) in [6, 6.07) is 3.46.